The predicted octanol–water partition coefficient (Wildman–Crippen LogP) is 3.58. The van der Waals surface area contributed by atoms with E-state index < -0.39 is 6.10 Å². The van der Waals surface area contributed by atoms with E-state index in [9.17, 15) is 14.3 Å². The zero-order valence-electron chi connectivity index (χ0n) is 15.7. The van der Waals surface area contributed by atoms with Crippen LogP contribution in [0, 0.1) is 17.1 Å². The van der Waals surface area contributed by atoms with Crippen molar-refractivity contribution in [3.63, 3.8) is 0 Å². The number of thiophene rings is 1. The number of hydrogen-bond donors (Lipinski definition) is 1. The number of nitrogens with zero attached hydrogens (tertiary/aromatic N) is 3. The molecule has 0 saturated heterocycles. The van der Waals surface area contributed by atoms with E-state index in [1.54, 1.807) is 36.4 Å². The van der Waals surface area contributed by atoms with Crippen LogP contribution in [0.25, 0.3) is 21.3 Å². The largest absolute Gasteiger partial charge is 0.491 e. The minimum absolute atomic E-state index is 0.0107. The lowest BCUT2D eigenvalue weighted by molar-refractivity contribution is 0.0915. The number of hydrogen-bond acceptors (Lipinski definition) is 6. The highest BCUT2D eigenvalue weighted by atomic mass is 32.1. The summed E-state index contributed by atoms with van der Waals surface area (Å²) in [7, 11) is 0. The molecule has 2 aromatic carbocycles. The Morgan fingerprint density at radius 1 is 1.20 bits per heavy atom. The Kier molecular flexibility index (Phi) is 5.57. The Bertz CT molecular complexity index is 1270. The Balaban J connectivity index is 1.53. The maximum atomic E-state index is 13.2. The van der Waals surface area contributed by atoms with Gasteiger partial charge in [-0.2, -0.15) is 5.26 Å². The van der Waals surface area contributed by atoms with Gasteiger partial charge in [0.2, 0.25) is 0 Å². The second-order valence-corrected chi connectivity index (χ2v) is 7.50. The maximum Gasteiger partial charge on any atom is 0.262 e. The van der Waals surface area contributed by atoms with E-state index in [1.165, 1.54) is 34.4 Å². The van der Waals surface area contributed by atoms with E-state index in [4.69, 9.17) is 10.00 Å². The molecule has 150 valence electrons. The summed E-state index contributed by atoms with van der Waals surface area (Å²) in [5, 5.41) is 21.4. The molecule has 1 unspecified atom stereocenters. The first-order valence-electron chi connectivity index (χ1n) is 9.09. The molecule has 8 heteroatoms. The van der Waals surface area contributed by atoms with E-state index in [1.807, 2.05) is 11.4 Å². The summed E-state index contributed by atoms with van der Waals surface area (Å²) >= 11 is 1.34. The average Bonchev–Trinajstić information content (AvgIpc) is 3.20. The molecule has 4 rings (SSSR count). The van der Waals surface area contributed by atoms with Gasteiger partial charge in [0, 0.05) is 10.9 Å². The number of rotatable bonds is 6. The van der Waals surface area contributed by atoms with E-state index in [2.05, 4.69) is 4.98 Å². The van der Waals surface area contributed by atoms with Crippen molar-refractivity contribution in [1.29, 1.82) is 5.26 Å². The van der Waals surface area contributed by atoms with Gasteiger partial charge in [-0.05, 0) is 42.0 Å². The molecule has 30 heavy (non-hydrogen) atoms. The fraction of sp³-hybridized carbons (Fsp3) is 0.136. The van der Waals surface area contributed by atoms with Crippen LogP contribution in [0.2, 0.25) is 0 Å². The first-order valence-corrected chi connectivity index (χ1v) is 9.96. The first kappa shape index (κ1) is 19.8. The summed E-state index contributed by atoms with van der Waals surface area (Å²) in [6.07, 6.45) is 0.464. The summed E-state index contributed by atoms with van der Waals surface area (Å²) in [4.78, 5) is 17.9. The van der Waals surface area contributed by atoms with Gasteiger partial charge in [-0.3, -0.25) is 9.36 Å². The third kappa shape index (κ3) is 4.08. The maximum absolute atomic E-state index is 13.2. The van der Waals surface area contributed by atoms with Gasteiger partial charge in [0.05, 0.1) is 29.9 Å². The van der Waals surface area contributed by atoms with Crippen molar-refractivity contribution < 1.29 is 14.2 Å². The zero-order chi connectivity index (χ0) is 21.1. The van der Waals surface area contributed by atoms with E-state index in [0.717, 1.165) is 5.56 Å². The van der Waals surface area contributed by atoms with Gasteiger partial charge in [0.25, 0.3) is 5.56 Å². The van der Waals surface area contributed by atoms with E-state index in [0.29, 0.717) is 27.1 Å². The number of aliphatic hydroxyl groups is 1. The average molecular weight is 421 g/mol. The Morgan fingerprint density at radius 2 is 1.93 bits per heavy atom. The Hall–Kier alpha value is -3.54. The van der Waals surface area contributed by atoms with Crippen LogP contribution in [0.15, 0.2) is 65.0 Å². The summed E-state index contributed by atoms with van der Waals surface area (Å²) < 4.78 is 20.1. The Labute approximate surface area is 175 Å². The molecular formula is C22H16FN3O3S. The molecule has 2 aromatic heterocycles. The standard InChI is InChI=1S/C22H16FN3O3S/c23-16-5-3-15(4-6-16)19-12-30-21-20(19)22(28)26(13-25-21)10-17(27)11-29-18-7-1-14(9-24)2-8-18/h1-8,12-13,17,27H,10-11H2. The molecule has 0 amide bonds. The number of halogens is 1. The van der Waals surface area contributed by atoms with Crippen LogP contribution in [-0.2, 0) is 6.54 Å². The van der Waals surface area contributed by atoms with Gasteiger partial charge < -0.3 is 9.84 Å². The third-order valence-electron chi connectivity index (χ3n) is 4.55. The zero-order valence-corrected chi connectivity index (χ0v) is 16.5. The first-order chi connectivity index (χ1) is 14.5. The van der Waals surface area contributed by atoms with Crippen molar-refractivity contribution in [2.75, 3.05) is 6.61 Å². The predicted molar refractivity (Wildman–Crippen MR) is 112 cm³/mol. The fourth-order valence-corrected chi connectivity index (χ4v) is 3.94. The third-order valence-corrected chi connectivity index (χ3v) is 5.44. The number of ether oxygens (including phenoxy) is 1. The molecule has 0 radical (unpaired) electrons. The highest BCUT2D eigenvalue weighted by Crippen LogP contribution is 2.30. The van der Waals surface area contributed by atoms with Crippen LogP contribution in [-0.4, -0.2) is 27.4 Å². The van der Waals surface area contributed by atoms with Crippen LogP contribution in [0.1, 0.15) is 5.56 Å². The van der Waals surface area contributed by atoms with E-state index >= 15 is 0 Å². The van der Waals surface area contributed by atoms with Crippen molar-refractivity contribution in [3.8, 4) is 22.9 Å². The summed E-state index contributed by atoms with van der Waals surface area (Å²) in [6.45, 7) is -0.0123. The molecule has 0 aliphatic carbocycles. The summed E-state index contributed by atoms with van der Waals surface area (Å²) in [6, 6.07) is 14.5. The second kappa shape index (κ2) is 8.45. The molecule has 0 aliphatic rings. The monoisotopic (exact) mass is 421 g/mol. The molecule has 4 aromatic rings. The van der Waals surface area contributed by atoms with Gasteiger partial charge in [0.1, 0.15) is 29.1 Å². The van der Waals surface area contributed by atoms with Gasteiger partial charge in [-0.15, -0.1) is 11.3 Å². The molecule has 0 aliphatic heterocycles. The quantitative estimate of drug-likeness (QED) is 0.514. The van der Waals surface area contributed by atoms with Crippen LogP contribution < -0.4 is 10.3 Å². The summed E-state index contributed by atoms with van der Waals surface area (Å²) in [5.41, 5.74) is 1.65. The van der Waals surface area contributed by atoms with Crippen LogP contribution in [0.3, 0.4) is 0 Å². The van der Waals surface area contributed by atoms with Crippen LogP contribution >= 0.6 is 11.3 Å². The fourth-order valence-electron chi connectivity index (χ4n) is 3.04. The van der Waals surface area contributed by atoms with Crippen molar-refractivity contribution in [3.05, 3.63) is 82.0 Å². The number of nitriles is 1. The molecule has 0 fully saturated rings. The topological polar surface area (TPSA) is 88.1 Å². The molecule has 2 heterocycles. The highest BCUT2D eigenvalue weighted by molar-refractivity contribution is 7.17. The van der Waals surface area contributed by atoms with Crippen LogP contribution in [0.4, 0.5) is 4.39 Å². The summed E-state index contributed by atoms with van der Waals surface area (Å²) in [5.74, 6) is 0.171. The number of aliphatic hydroxyl groups excluding tert-OH is 1. The minimum atomic E-state index is -0.939. The normalized spacial score (nSPS) is 11.9. The number of aromatic nitrogens is 2. The van der Waals surface area contributed by atoms with Crippen LogP contribution in [0.5, 0.6) is 5.75 Å². The van der Waals surface area contributed by atoms with Crippen molar-refractivity contribution in [2.45, 2.75) is 12.6 Å². The minimum Gasteiger partial charge on any atom is -0.491 e. The lowest BCUT2D eigenvalue weighted by atomic mass is 10.1. The molecule has 0 saturated carbocycles. The van der Waals surface area contributed by atoms with Crippen molar-refractivity contribution >= 4 is 21.6 Å². The Morgan fingerprint density at radius 3 is 2.63 bits per heavy atom. The van der Waals surface area contributed by atoms with Crippen molar-refractivity contribution in [2.24, 2.45) is 0 Å². The lowest BCUT2D eigenvalue weighted by Crippen LogP contribution is -2.30. The number of fused-ring (bicyclic) bond motifs is 1. The lowest BCUT2D eigenvalue weighted by Gasteiger charge is -2.14. The molecule has 0 bridgehead atoms. The molecular weight excluding hydrogens is 405 g/mol. The smallest absolute Gasteiger partial charge is 0.262 e. The van der Waals surface area contributed by atoms with Crippen molar-refractivity contribution in [1.82, 2.24) is 9.55 Å². The van der Waals surface area contributed by atoms with Gasteiger partial charge >= 0.3 is 0 Å². The molecule has 1 N–H and O–H groups in total. The SMILES string of the molecule is N#Cc1ccc(OCC(O)Cn2cnc3scc(-c4ccc(F)cc4)c3c2=O)cc1. The number of benzene rings is 2. The second-order valence-electron chi connectivity index (χ2n) is 6.64. The molecule has 1 atom stereocenters. The van der Waals surface area contributed by atoms with Gasteiger partial charge in [0.15, 0.2) is 0 Å². The molecule has 6 nitrogen and oxygen atoms in total. The van der Waals surface area contributed by atoms with E-state index in [-0.39, 0.29) is 24.5 Å². The molecule has 0 spiro atoms. The highest BCUT2D eigenvalue weighted by Gasteiger charge is 2.15. The van der Waals surface area contributed by atoms with Gasteiger partial charge in [-0.25, -0.2) is 9.37 Å². The van der Waals surface area contributed by atoms with Gasteiger partial charge in [-0.1, -0.05) is 12.1 Å².